The van der Waals surface area contributed by atoms with Gasteiger partial charge in [0.1, 0.15) is 4.88 Å². The van der Waals surface area contributed by atoms with Crippen LogP contribution in [-0.4, -0.2) is 23.5 Å². The van der Waals surface area contributed by atoms with E-state index in [2.05, 4.69) is 20.9 Å². The highest BCUT2D eigenvalue weighted by molar-refractivity contribution is 7.17. The molecule has 8 heteroatoms. The molecule has 2 heterocycles. The van der Waals surface area contributed by atoms with Crippen LogP contribution in [0.3, 0.4) is 0 Å². The van der Waals surface area contributed by atoms with Crippen molar-refractivity contribution in [2.45, 2.75) is 12.8 Å². The van der Waals surface area contributed by atoms with Crippen molar-refractivity contribution in [2.75, 3.05) is 17.2 Å². The van der Waals surface area contributed by atoms with E-state index in [1.165, 1.54) is 11.3 Å². The molecule has 1 aliphatic heterocycles. The Balaban J connectivity index is 1.68. The summed E-state index contributed by atoms with van der Waals surface area (Å²) in [6, 6.07) is 6.37. The molecule has 2 aromatic rings. The van der Waals surface area contributed by atoms with Gasteiger partial charge in [-0.3, -0.25) is 10.1 Å². The summed E-state index contributed by atoms with van der Waals surface area (Å²) in [6.45, 7) is 0.654. The molecule has 0 fully saturated rings. The van der Waals surface area contributed by atoms with Gasteiger partial charge in [0.25, 0.3) is 5.91 Å². The topological polar surface area (TPSA) is 83.1 Å². The van der Waals surface area contributed by atoms with E-state index in [1.807, 2.05) is 0 Å². The Kier molecular flexibility index (Phi) is 4.26. The molecule has 0 saturated heterocycles. The fourth-order valence-corrected chi connectivity index (χ4v) is 3.13. The van der Waals surface area contributed by atoms with Gasteiger partial charge in [0, 0.05) is 17.3 Å². The number of hydrogen-bond donors (Lipinski definition) is 3. The molecule has 1 aromatic heterocycles. The van der Waals surface area contributed by atoms with Gasteiger partial charge in [-0.25, -0.2) is 9.78 Å². The van der Waals surface area contributed by atoms with Gasteiger partial charge in [0.2, 0.25) is 0 Å². The zero-order valence-corrected chi connectivity index (χ0v) is 13.1. The quantitative estimate of drug-likeness (QED) is 0.788. The minimum atomic E-state index is -0.411. The Labute approximate surface area is 135 Å². The van der Waals surface area contributed by atoms with Crippen LogP contribution in [0.4, 0.5) is 15.6 Å². The summed E-state index contributed by atoms with van der Waals surface area (Å²) in [5.41, 5.74) is 1.36. The molecule has 3 rings (SSSR count). The zero-order valence-electron chi connectivity index (χ0n) is 11.5. The number of halogens is 1. The first-order valence-corrected chi connectivity index (χ1v) is 7.93. The molecule has 3 N–H and O–H groups in total. The van der Waals surface area contributed by atoms with Crippen molar-refractivity contribution in [1.29, 1.82) is 0 Å². The van der Waals surface area contributed by atoms with Crippen LogP contribution in [0, 0.1) is 0 Å². The number of nitrogens with one attached hydrogen (secondary N) is 3. The minimum absolute atomic E-state index is 0.129. The maximum absolute atomic E-state index is 11.9. The average Bonchev–Trinajstić information content (AvgIpc) is 2.81. The highest BCUT2D eigenvalue weighted by Gasteiger charge is 2.21. The number of thiazole rings is 1. The lowest BCUT2D eigenvalue weighted by molar-refractivity contribution is 0.0960. The summed E-state index contributed by atoms with van der Waals surface area (Å²) < 4.78 is 0. The fraction of sp³-hybridized carbons (Fsp3) is 0.214. The first-order chi connectivity index (χ1) is 10.6. The molecular formula is C14H13ClN4O2S. The van der Waals surface area contributed by atoms with Gasteiger partial charge in [-0.2, -0.15) is 0 Å². The van der Waals surface area contributed by atoms with Gasteiger partial charge in [0.15, 0.2) is 5.13 Å². The number of rotatable bonds is 2. The molecule has 0 atom stereocenters. The number of benzene rings is 1. The number of hydrogen-bond acceptors (Lipinski definition) is 4. The van der Waals surface area contributed by atoms with Crippen molar-refractivity contribution in [3.8, 4) is 0 Å². The second-order valence-corrected chi connectivity index (χ2v) is 6.18. The molecule has 0 unspecified atom stereocenters. The Bertz CT molecular complexity index is 714. The summed E-state index contributed by atoms with van der Waals surface area (Å²) in [7, 11) is 0. The SMILES string of the molecule is O=C(Nc1ccc(Cl)cc1)Nc1nc2c(s1)C(=O)NCCC2. The molecule has 0 saturated carbocycles. The molecule has 0 spiro atoms. The number of amides is 3. The highest BCUT2D eigenvalue weighted by atomic mass is 35.5. The van der Waals surface area contributed by atoms with E-state index in [4.69, 9.17) is 11.6 Å². The molecular weight excluding hydrogens is 324 g/mol. The van der Waals surface area contributed by atoms with Crippen LogP contribution >= 0.6 is 22.9 Å². The van der Waals surface area contributed by atoms with E-state index in [0.717, 1.165) is 18.5 Å². The van der Waals surface area contributed by atoms with Crippen LogP contribution in [0.5, 0.6) is 0 Å². The number of aromatic nitrogens is 1. The van der Waals surface area contributed by atoms with E-state index < -0.39 is 6.03 Å². The summed E-state index contributed by atoms with van der Waals surface area (Å²) in [6.07, 6.45) is 1.57. The van der Waals surface area contributed by atoms with Crippen molar-refractivity contribution in [3.05, 3.63) is 39.9 Å². The van der Waals surface area contributed by atoms with Crippen LogP contribution in [0.25, 0.3) is 0 Å². The van der Waals surface area contributed by atoms with Gasteiger partial charge in [0.05, 0.1) is 5.69 Å². The van der Waals surface area contributed by atoms with Crippen LogP contribution in [-0.2, 0) is 6.42 Å². The standard InChI is InChI=1S/C14H13ClN4O2S/c15-8-3-5-9(6-4-8)17-13(21)19-14-18-10-2-1-7-16-12(20)11(10)22-14/h3-6H,1-2,7H2,(H,16,20)(H2,17,18,19,21). The van der Waals surface area contributed by atoms with Gasteiger partial charge in [-0.1, -0.05) is 22.9 Å². The molecule has 1 aliphatic rings. The van der Waals surface area contributed by atoms with Crippen molar-refractivity contribution in [1.82, 2.24) is 10.3 Å². The molecule has 114 valence electrons. The van der Waals surface area contributed by atoms with Crippen molar-refractivity contribution < 1.29 is 9.59 Å². The molecule has 0 bridgehead atoms. The maximum atomic E-state index is 11.9. The van der Waals surface area contributed by atoms with E-state index >= 15 is 0 Å². The molecule has 22 heavy (non-hydrogen) atoms. The first kappa shape index (κ1) is 14.8. The third-order valence-electron chi connectivity index (χ3n) is 3.10. The predicted octanol–water partition coefficient (Wildman–Crippen LogP) is 3.12. The number of carbonyl (C=O) groups excluding carboxylic acids is 2. The molecule has 0 radical (unpaired) electrons. The minimum Gasteiger partial charge on any atom is -0.351 e. The Morgan fingerprint density at radius 1 is 1.27 bits per heavy atom. The van der Waals surface area contributed by atoms with Crippen LogP contribution in [0.2, 0.25) is 5.02 Å². The lowest BCUT2D eigenvalue weighted by Gasteiger charge is -2.05. The van der Waals surface area contributed by atoms with Crippen LogP contribution < -0.4 is 16.0 Å². The van der Waals surface area contributed by atoms with E-state index in [0.29, 0.717) is 27.3 Å². The average molecular weight is 337 g/mol. The van der Waals surface area contributed by atoms with Gasteiger partial charge in [-0.05, 0) is 37.1 Å². The summed E-state index contributed by atoms with van der Waals surface area (Å²) in [5, 5.41) is 9.14. The van der Waals surface area contributed by atoms with Crippen LogP contribution in [0.1, 0.15) is 21.8 Å². The van der Waals surface area contributed by atoms with Crippen molar-refractivity contribution in [2.24, 2.45) is 0 Å². The highest BCUT2D eigenvalue weighted by Crippen LogP contribution is 2.25. The lowest BCUT2D eigenvalue weighted by atomic mass is 10.2. The largest absolute Gasteiger partial charge is 0.351 e. The number of anilines is 2. The first-order valence-electron chi connectivity index (χ1n) is 6.73. The van der Waals surface area contributed by atoms with E-state index in [1.54, 1.807) is 24.3 Å². The third-order valence-corrected chi connectivity index (χ3v) is 4.37. The Hall–Kier alpha value is -2.12. The Morgan fingerprint density at radius 3 is 2.82 bits per heavy atom. The lowest BCUT2D eigenvalue weighted by Crippen LogP contribution is -2.21. The van der Waals surface area contributed by atoms with Crippen molar-refractivity contribution in [3.63, 3.8) is 0 Å². The molecule has 0 aliphatic carbocycles. The zero-order chi connectivity index (χ0) is 15.5. The molecule has 6 nitrogen and oxygen atoms in total. The normalized spacial score (nSPS) is 13.8. The van der Waals surface area contributed by atoms with E-state index in [9.17, 15) is 9.59 Å². The monoisotopic (exact) mass is 336 g/mol. The van der Waals surface area contributed by atoms with Crippen LogP contribution in [0.15, 0.2) is 24.3 Å². The Morgan fingerprint density at radius 2 is 2.05 bits per heavy atom. The van der Waals surface area contributed by atoms with Crippen molar-refractivity contribution >= 4 is 45.7 Å². The number of carbonyl (C=O) groups is 2. The second kappa shape index (κ2) is 6.33. The third kappa shape index (κ3) is 3.37. The second-order valence-electron chi connectivity index (χ2n) is 4.74. The summed E-state index contributed by atoms with van der Waals surface area (Å²) in [5.74, 6) is -0.129. The molecule has 1 aromatic carbocycles. The predicted molar refractivity (Wildman–Crippen MR) is 86.9 cm³/mol. The number of fused-ring (bicyclic) bond motifs is 1. The summed E-state index contributed by atoms with van der Waals surface area (Å²) >= 11 is 6.97. The smallest absolute Gasteiger partial charge is 0.325 e. The van der Waals surface area contributed by atoms with Gasteiger partial charge < -0.3 is 10.6 Å². The molecule has 3 amide bonds. The van der Waals surface area contributed by atoms with Gasteiger partial charge in [-0.15, -0.1) is 0 Å². The fourth-order valence-electron chi connectivity index (χ4n) is 2.08. The maximum Gasteiger partial charge on any atom is 0.325 e. The number of nitrogens with zero attached hydrogens (tertiary/aromatic N) is 1. The number of urea groups is 1. The number of aryl methyl sites for hydroxylation is 1. The summed E-state index contributed by atoms with van der Waals surface area (Å²) in [4.78, 5) is 28.7. The van der Waals surface area contributed by atoms with Gasteiger partial charge >= 0.3 is 6.03 Å². The van der Waals surface area contributed by atoms with E-state index in [-0.39, 0.29) is 5.91 Å².